The van der Waals surface area contributed by atoms with E-state index >= 15 is 0 Å². The maximum Gasteiger partial charge on any atom is 0.132 e. The number of anilines is 1. The summed E-state index contributed by atoms with van der Waals surface area (Å²) in [7, 11) is 0. The van der Waals surface area contributed by atoms with Crippen molar-refractivity contribution < 1.29 is 4.74 Å². The minimum atomic E-state index is 0.345. The van der Waals surface area contributed by atoms with Crippen LogP contribution in [0.5, 0.6) is 0 Å². The van der Waals surface area contributed by atoms with Crippen LogP contribution in [0.3, 0.4) is 0 Å². The summed E-state index contributed by atoms with van der Waals surface area (Å²) in [5, 5.41) is 3.40. The Kier molecular flexibility index (Phi) is 4.95. The standard InChI is InChI=1S/C13H20BrN3O/c1-3-4-12-16-11(14)7-13(17-12)15-8-10-5-6-18-9(10)2/h7,9-10H,3-6,8H2,1-2H3,(H,15,16,17). The minimum absolute atomic E-state index is 0.345. The number of hydrogen-bond donors (Lipinski definition) is 1. The van der Waals surface area contributed by atoms with Crippen LogP contribution in [0.1, 0.15) is 32.5 Å². The van der Waals surface area contributed by atoms with Crippen molar-refractivity contribution in [3.8, 4) is 0 Å². The molecule has 0 radical (unpaired) electrons. The fraction of sp³-hybridized carbons (Fsp3) is 0.692. The number of aryl methyl sites for hydroxylation is 1. The molecule has 0 aromatic carbocycles. The van der Waals surface area contributed by atoms with Gasteiger partial charge in [0.15, 0.2) is 0 Å². The third kappa shape index (κ3) is 3.65. The zero-order valence-corrected chi connectivity index (χ0v) is 12.5. The van der Waals surface area contributed by atoms with E-state index in [2.05, 4.69) is 45.1 Å². The molecule has 1 aliphatic heterocycles. The molecule has 2 rings (SSSR count). The first-order valence-electron chi connectivity index (χ1n) is 6.58. The lowest BCUT2D eigenvalue weighted by Gasteiger charge is -2.15. The smallest absolute Gasteiger partial charge is 0.132 e. The molecule has 1 N–H and O–H groups in total. The van der Waals surface area contributed by atoms with E-state index in [1.54, 1.807) is 0 Å². The van der Waals surface area contributed by atoms with Crippen molar-refractivity contribution in [1.82, 2.24) is 9.97 Å². The highest BCUT2D eigenvalue weighted by Gasteiger charge is 2.23. The number of aromatic nitrogens is 2. The van der Waals surface area contributed by atoms with Crippen molar-refractivity contribution in [2.45, 2.75) is 39.2 Å². The van der Waals surface area contributed by atoms with Gasteiger partial charge in [-0.05, 0) is 35.7 Å². The van der Waals surface area contributed by atoms with E-state index in [0.717, 1.165) is 48.7 Å². The zero-order chi connectivity index (χ0) is 13.0. The number of nitrogens with one attached hydrogen (secondary N) is 1. The van der Waals surface area contributed by atoms with E-state index in [0.29, 0.717) is 12.0 Å². The molecule has 2 atom stereocenters. The lowest BCUT2D eigenvalue weighted by atomic mass is 10.0. The topological polar surface area (TPSA) is 47.0 Å². The minimum Gasteiger partial charge on any atom is -0.378 e. The van der Waals surface area contributed by atoms with Crippen molar-refractivity contribution in [2.75, 3.05) is 18.5 Å². The van der Waals surface area contributed by atoms with Crippen molar-refractivity contribution in [3.63, 3.8) is 0 Å². The van der Waals surface area contributed by atoms with Crippen LogP contribution in [-0.2, 0) is 11.2 Å². The highest BCUT2D eigenvalue weighted by molar-refractivity contribution is 9.10. The van der Waals surface area contributed by atoms with Gasteiger partial charge < -0.3 is 10.1 Å². The van der Waals surface area contributed by atoms with E-state index in [1.807, 2.05) is 6.07 Å². The van der Waals surface area contributed by atoms with Crippen LogP contribution in [0, 0.1) is 5.92 Å². The Morgan fingerprint density at radius 1 is 1.50 bits per heavy atom. The Hall–Kier alpha value is -0.680. The molecular weight excluding hydrogens is 294 g/mol. The number of rotatable bonds is 5. The fourth-order valence-electron chi connectivity index (χ4n) is 2.17. The van der Waals surface area contributed by atoms with Crippen LogP contribution in [0.4, 0.5) is 5.82 Å². The molecule has 2 unspecified atom stereocenters. The lowest BCUT2D eigenvalue weighted by molar-refractivity contribution is 0.108. The Morgan fingerprint density at radius 2 is 2.33 bits per heavy atom. The van der Waals surface area contributed by atoms with Gasteiger partial charge in [-0.1, -0.05) is 6.92 Å². The molecule has 5 heteroatoms. The van der Waals surface area contributed by atoms with E-state index in [-0.39, 0.29) is 0 Å². The van der Waals surface area contributed by atoms with Gasteiger partial charge in [-0.25, -0.2) is 9.97 Å². The quantitative estimate of drug-likeness (QED) is 0.849. The maximum absolute atomic E-state index is 5.56. The molecule has 1 aliphatic rings. The van der Waals surface area contributed by atoms with Gasteiger partial charge in [0, 0.05) is 31.6 Å². The third-order valence-electron chi connectivity index (χ3n) is 3.29. The molecule has 0 bridgehead atoms. The molecule has 1 aromatic heterocycles. The van der Waals surface area contributed by atoms with E-state index in [1.165, 1.54) is 0 Å². The predicted octanol–water partition coefficient (Wildman–Crippen LogP) is 3.03. The number of halogens is 1. The van der Waals surface area contributed by atoms with Crippen molar-refractivity contribution >= 4 is 21.7 Å². The molecule has 100 valence electrons. The van der Waals surface area contributed by atoms with Crippen LogP contribution >= 0.6 is 15.9 Å². The zero-order valence-electron chi connectivity index (χ0n) is 10.9. The van der Waals surface area contributed by atoms with Crippen LogP contribution in [-0.4, -0.2) is 29.2 Å². The molecule has 18 heavy (non-hydrogen) atoms. The summed E-state index contributed by atoms with van der Waals surface area (Å²) in [4.78, 5) is 8.88. The molecule has 1 aromatic rings. The molecule has 0 saturated carbocycles. The monoisotopic (exact) mass is 313 g/mol. The number of nitrogens with zero attached hydrogens (tertiary/aromatic N) is 2. The highest BCUT2D eigenvalue weighted by atomic mass is 79.9. The predicted molar refractivity (Wildman–Crippen MR) is 75.7 cm³/mol. The number of hydrogen-bond acceptors (Lipinski definition) is 4. The summed E-state index contributed by atoms with van der Waals surface area (Å²) in [6.45, 7) is 6.06. The average Bonchev–Trinajstić information content (AvgIpc) is 2.72. The van der Waals surface area contributed by atoms with E-state index in [4.69, 9.17) is 4.74 Å². The third-order valence-corrected chi connectivity index (χ3v) is 3.70. The summed E-state index contributed by atoms with van der Waals surface area (Å²) in [5.74, 6) is 2.37. The SMILES string of the molecule is CCCc1nc(Br)cc(NCC2CCOC2C)n1. The second kappa shape index (κ2) is 6.48. The lowest BCUT2D eigenvalue weighted by Crippen LogP contribution is -2.21. The van der Waals surface area contributed by atoms with Crippen LogP contribution < -0.4 is 5.32 Å². The van der Waals surface area contributed by atoms with E-state index < -0.39 is 0 Å². The molecule has 2 heterocycles. The first-order chi connectivity index (χ1) is 8.69. The van der Waals surface area contributed by atoms with Crippen molar-refractivity contribution in [3.05, 3.63) is 16.5 Å². The second-order valence-corrected chi connectivity index (χ2v) is 5.56. The Morgan fingerprint density at radius 3 is 3.00 bits per heavy atom. The van der Waals surface area contributed by atoms with Gasteiger partial charge in [0.25, 0.3) is 0 Å². The largest absolute Gasteiger partial charge is 0.378 e. The molecule has 1 saturated heterocycles. The normalized spacial score (nSPS) is 23.3. The average molecular weight is 314 g/mol. The Balaban J connectivity index is 1.95. The number of ether oxygens (including phenoxy) is 1. The summed E-state index contributed by atoms with van der Waals surface area (Å²) in [6, 6.07) is 1.93. The van der Waals surface area contributed by atoms with Crippen molar-refractivity contribution in [1.29, 1.82) is 0 Å². The van der Waals surface area contributed by atoms with Crippen LogP contribution in [0.25, 0.3) is 0 Å². The highest BCUT2D eigenvalue weighted by Crippen LogP contribution is 2.21. The van der Waals surface area contributed by atoms with Crippen molar-refractivity contribution in [2.24, 2.45) is 5.92 Å². The van der Waals surface area contributed by atoms with Gasteiger partial charge in [0.2, 0.25) is 0 Å². The van der Waals surface area contributed by atoms with E-state index in [9.17, 15) is 0 Å². The summed E-state index contributed by atoms with van der Waals surface area (Å²) >= 11 is 3.43. The first-order valence-corrected chi connectivity index (χ1v) is 7.37. The summed E-state index contributed by atoms with van der Waals surface area (Å²) in [5.41, 5.74) is 0. The summed E-state index contributed by atoms with van der Waals surface area (Å²) in [6.07, 6.45) is 3.45. The van der Waals surface area contributed by atoms with Gasteiger partial charge in [0.1, 0.15) is 16.2 Å². The molecule has 0 spiro atoms. The fourth-order valence-corrected chi connectivity index (χ4v) is 2.59. The Bertz CT molecular complexity index is 400. The molecule has 0 aliphatic carbocycles. The molecule has 1 fully saturated rings. The maximum atomic E-state index is 5.56. The van der Waals surface area contributed by atoms with Crippen LogP contribution in [0.2, 0.25) is 0 Å². The van der Waals surface area contributed by atoms with Gasteiger partial charge in [-0.3, -0.25) is 0 Å². The van der Waals surface area contributed by atoms with Gasteiger partial charge in [-0.2, -0.15) is 0 Å². The van der Waals surface area contributed by atoms with Gasteiger partial charge in [0.05, 0.1) is 6.10 Å². The Labute approximate surface area is 117 Å². The second-order valence-electron chi connectivity index (χ2n) is 4.75. The molecular formula is C13H20BrN3O. The van der Waals surface area contributed by atoms with Crippen LogP contribution in [0.15, 0.2) is 10.7 Å². The van der Waals surface area contributed by atoms with Gasteiger partial charge in [-0.15, -0.1) is 0 Å². The summed E-state index contributed by atoms with van der Waals surface area (Å²) < 4.78 is 6.40. The molecule has 4 nitrogen and oxygen atoms in total. The first kappa shape index (κ1) is 13.7. The van der Waals surface area contributed by atoms with Gasteiger partial charge >= 0.3 is 0 Å². The molecule has 0 amide bonds.